The van der Waals surface area contributed by atoms with E-state index in [1.165, 1.54) is 303 Å². The highest BCUT2D eigenvalue weighted by molar-refractivity contribution is 6.02. The molecule has 0 unspecified atom stereocenters. The predicted octanol–water partition coefficient (Wildman–Crippen LogP) is 24.6. The highest BCUT2D eigenvalue weighted by atomic mass is 16.5. The molecular weight excluding hydrogens is 1020 g/mol. The highest BCUT2D eigenvalue weighted by Crippen LogP contribution is 2.26. The molecular formula is C80H128N3O+. The van der Waals surface area contributed by atoms with E-state index in [1.807, 2.05) is 0 Å². The first-order valence-electron chi connectivity index (χ1n) is 35.8. The van der Waals surface area contributed by atoms with Gasteiger partial charge in [0.15, 0.2) is 5.71 Å². The van der Waals surface area contributed by atoms with Crippen molar-refractivity contribution in [3.05, 3.63) is 143 Å². The van der Waals surface area contributed by atoms with Gasteiger partial charge in [0.25, 0.3) is 0 Å². The molecule has 84 heavy (non-hydrogen) atoms. The summed E-state index contributed by atoms with van der Waals surface area (Å²) in [6, 6.07) is 18.1. The van der Waals surface area contributed by atoms with Gasteiger partial charge in [-0.25, -0.2) is 4.58 Å². The Kier molecular flexibility index (Phi) is 42.4. The number of nitrogens with zero attached hydrogens (tertiary/aromatic N) is 3. The van der Waals surface area contributed by atoms with Crippen LogP contribution in [0.15, 0.2) is 132 Å². The van der Waals surface area contributed by atoms with E-state index >= 15 is 0 Å². The number of benzene rings is 2. The van der Waals surface area contributed by atoms with Crippen molar-refractivity contribution >= 4 is 29.2 Å². The minimum atomic E-state index is 0.830. The van der Waals surface area contributed by atoms with Crippen molar-refractivity contribution in [1.29, 1.82) is 0 Å². The van der Waals surface area contributed by atoms with Crippen LogP contribution in [0.5, 0.6) is 0 Å². The van der Waals surface area contributed by atoms with Crippen LogP contribution in [-0.4, -0.2) is 51.1 Å². The first-order chi connectivity index (χ1) is 41.4. The summed E-state index contributed by atoms with van der Waals surface area (Å²) in [5, 5.41) is 0. The van der Waals surface area contributed by atoms with Crippen molar-refractivity contribution in [3.8, 4) is 0 Å². The summed E-state index contributed by atoms with van der Waals surface area (Å²) in [7, 11) is 6.72. The van der Waals surface area contributed by atoms with E-state index in [0.717, 1.165) is 36.7 Å². The molecule has 0 atom stereocenters. The molecule has 0 amide bonds. The van der Waals surface area contributed by atoms with Gasteiger partial charge < -0.3 is 14.5 Å². The van der Waals surface area contributed by atoms with Crippen LogP contribution in [0.1, 0.15) is 302 Å². The maximum absolute atomic E-state index is 6.57. The number of hydrogen-bond acceptors (Lipinski definition) is 3. The third kappa shape index (κ3) is 35.8. The standard InChI is InChI=1S/C80H128N3O/c1-7-10-13-16-19-22-25-28-31-34-37-40-43-46-67-81(4)76-59-51-72(52-60-76)49-50-75-70-79(65-57-73-53-61-77(62-54-73)82(5)68-47-44-41-38-35-32-29-26-23-20-17-14-11-8-2)84-80(71-75)66-58-74-55-63-78(64-56-74)83(6)69-48-45-42-39-36-33-30-27-24-21-18-15-12-9-3/h49-66,70-71H,7-48,67-69H2,1-6H3/q+1. The molecule has 0 aromatic heterocycles. The lowest BCUT2D eigenvalue weighted by molar-refractivity contribution is -0.496. The predicted molar refractivity (Wildman–Crippen MR) is 376 cm³/mol. The van der Waals surface area contributed by atoms with Crippen molar-refractivity contribution in [1.82, 2.24) is 0 Å². The van der Waals surface area contributed by atoms with Crippen LogP contribution in [0.25, 0.3) is 12.2 Å². The molecule has 4 rings (SSSR count). The SMILES string of the molecule is CCCCCCCCCCCCCCCCN(C)c1ccc(/C=C/C2=CC(=C\C=C3C=CC(=[N+](C)CCCCCCCCCCCCCCCC)C=C3)/OC(/C=C/c3ccc(N(C)CCCCCCCCCCCCCCCC)cc3)=C2)cc1. The third-order valence-corrected chi connectivity index (χ3v) is 17.7. The van der Waals surface area contributed by atoms with Crippen LogP contribution in [0.4, 0.5) is 11.4 Å². The molecule has 1 aliphatic heterocycles. The van der Waals surface area contributed by atoms with E-state index in [2.05, 4.69) is 178 Å². The van der Waals surface area contributed by atoms with Crippen LogP contribution in [0.2, 0.25) is 0 Å². The molecule has 1 heterocycles. The zero-order valence-electron chi connectivity index (χ0n) is 55.6. The van der Waals surface area contributed by atoms with Crippen molar-refractivity contribution < 1.29 is 9.31 Å². The molecule has 0 saturated carbocycles. The molecule has 468 valence electrons. The second-order valence-electron chi connectivity index (χ2n) is 25.5. The van der Waals surface area contributed by atoms with E-state index < -0.39 is 0 Å². The summed E-state index contributed by atoms with van der Waals surface area (Å²) >= 11 is 0. The Morgan fingerprint density at radius 1 is 0.357 bits per heavy atom. The van der Waals surface area contributed by atoms with Gasteiger partial charge in [-0.15, -0.1) is 0 Å². The number of anilines is 2. The first-order valence-corrected chi connectivity index (χ1v) is 35.8. The van der Waals surface area contributed by atoms with Gasteiger partial charge in [-0.05, 0) is 102 Å². The zero-order valence-corrected chi connectivity index (χ0v) is 55.6. The maximum atomic E-state index is 6.57. The van der Waals surface area contributed by atoms with E-state index in [9.17, 15) is 0 Å². The van der Waals surface area contributed by atoms with Gasteiger partial charge in [-0.3, -0.25) is 0 Å². The van der Waals surface area contributed by atoms with Crippen LogP contribution < -0.4 is 9.80 Å². The first kappa shape index (κ1) is 71.9. The molecule has 4 heteroatoms. The average Bonchev–Trinajstić information content (AvgIpc) is 3.65. The van der Waals surface area contributed by atoms with Gasteiger partial charge >= 0.3 is 0 Å². The highest BCUT2D eigenvalue weighted by Gasteiger charge is 2.11. The van der Waals surface area contributed by atoms with Crippen LogP contribution in [0, 0.1) is 0 Å². The molecule has 0 saturated heterocycles. The van der Waals surface area contributed by atoms with E-state index in [1.54, 1.807) is 0 Å². The molecule has 2 aromatic carbocycles. The van der Waals surface area contributed by atoms with Crippen LogP contribution >= 0.6 is 0 Å². The van der Waals surface area contributed by atoms with Gasteiger partial charge in [0, 0.05) is 57.1 Å². The quantitative estimate of drug-likeness (QED) is 0.0486. The Balaban J connectivity index is 1.26. The van der Waals surface area contributed by atoms with Gasteiger partial charge in [0.1, 0.15) is 25.1 Å². The fourth-order valence-corrected chi connectivity index (χ4v) is 11.9. The second kappa shape index (κ2) is 49.5. The van der Waals surface area contributed by atoms with Crippen LogP contribution in [-0.2, 0) is 4.74 Å². The largest absolute Gasteiger partial charge is 0.457 e. The Labute approximate surface area is 520 Å². The van der Waals surface area contributed by atoms with Crippen molar-refractivity contribution in [2.75, 3.05) is 50.6 Å². The lowest BCUT2D eigenvalue weighted by Crippen LogP contribution is -2.18. The van der Waals surface area contributed by atoms with Gasteiger partial charge in [0.05, 0.1) is 0 Å². The van der Waals surface area contributed by atoms with Crippen molar-refractivity contribution in [2.45, 2.75) is 290 Å². The number of ether oxygens (including phenoxy) is 1. The summed E-state index contributed by atoms with van der Waals surface area (Å²) in [6.07, 6.45) is 85.0. The average molecular weight is 1150 g/mol. The Morgan fingerprint density at radius 2 is 0.690 bits per heavy atom. The van der Waals surface area contributed by atoms with E-state index in [-0.39, 0.29) is 0 Å². The second-order valence-corrected chi connectivity index (χ2v) is 25.5. The summed E-state index contributed by atoms with van der Waals surface area (Å²) in [4.78, 5) is 4.84. The summed E-state index contributed by atoms with van der Waals surface area (Å²) < 4.78 is 8.99. The van der Waals surface area contributed by atoms with Gasteiger partial charge in [-0.1, -0.05) is 313 Å². The zero-order chi connectivity index (χ0) is 59.6. The molecule has 1 aliphatic carbocycles. The van der Waals surface area contributed by atoms with Gasteiger partial charge in [0.2, 0.25) is 0 Å². The smallest absolute Gasteiger partial charge is 0.199 e. The molecule has 0 spiro atoms. The Morgan fingerprint density at radius 3 is 1.06 bits per heavy atom. The van der Waals surface area contributed by atoms with Gasteiger partial charge in [-0.2, -0.15) is 0 Å². The van der Waals surface area contributed by atoms with Crippen LogP contribution in [0.3, 0.4) is 0 Å². The molecule has 0 radical (unpaired) electrons. The normalized spacial score (nSPS) is 13.9. The minimum Gasteiger partial charge on any atom is -0.457 e. The van der Waals surface area contributed by atoms with Crippen molar-refractivity contribution in [2.24, 2.45) is 0 Å². The summed E-state index contributed by atoms with van der Waals surface area (Å²) in [5.74, 6) is 1.66. The summed E-state index contributed by atoms with van der Waals surface area (Å²) in [5.41, 5.74) is 8.49. The molecule has 2 aliphatic rings. The number of rotatable bonds is 52. The Bertz CT molecular complexity index is 2210. The molecule has 0 bridgehead atoms. The Hall–Kier alpha value is -4.57. The summed E-state index contributed by atoms with van der Waals surface area (Å²) in [6.45, 7) is 10.2. The van der Waals surface area contributed by atoms with Crippen molar-refractivity contribution in [3.63, 3.8) is 0 Å². The monoisotopic (exact) mass is 1150 g/mol. The number of allylic oxidation sites excluding steroid dienone is 12. The third-order valence-electron chi connectivity index (χ3n) is 17.7. The lowest BCUT2D eigenvalue weighted by Gasteiger charge is -2.19. The van der Waals surface area contributed by atoms with E-state index in [0.29, 0.717) is 0 Å². The molecule has 2 aromatic rings. The molecule has 0 fully saturated rings. The molecule has 0 N–H and O–H groups in total. The molecule has 4 nitrogen and oxygen atoms in total. The topological polar surface area (TPSA) is 18.7 Å². The maximum Gasteiger partial charge on any atom is 0.199 e. The number of hydrogen-bond donors (Lipinski definition) is 0. The number of unbranched alkanes of at least 4 members (excludes halogenated alkanes) is 39. The van der Waals surface area contributed by atoms with E-state index in [4.69, 9.17) is 4.74 Å². The fraction of sp³-hybridized carbons (Fsp3) is 0.637. The fourth-order valence-electron chi connectivity index (χ4n) is 11.9. The minimum absolute atomic E-state index is 0.830. The lowest BCUT2D eigenvalue weighted by atomic mass is 10.0.